The van der Waals surface area contributed by atoms with Gasteiger partial charge in [-0.1, -0.05) is 18.6 Å². The Hall–Kier alpha value is -1.16. The maximum Gasteiger partial charge on any atom is 0.263 e. The Morgan fingerprint density at radius 2 is 2.22 bits per heavy atom. The molecular formula is C14H19F2NO. The van der Waals surface area contributed by atoms with Crippen LogP contribution in [0.4, 0.5) is 8.78 Å². The Kier molecular flexibility index (Phi) is 4.53. The van der Waals surface area contributed by atoms with Crippen LogP contribution in [0.5, 0.6) is 5.75 Å². The Labute approximate surface area is 106 Å². The molecule has 1 N–H and O–H groups in total. The van der Waals surface area contributed by atoms with Crippen molar-refractivity contribution in [1.29, 1.82) is 0 Å². The monoisotopic (exact) mass is 255 g/mol. The largest absolute Gasteiger partial charge is 0.496 e. The molecule has 1 aliphatic rings. The van der Waals surface area contributed by atoms with E-state index in [0.717, 1.165) is 24.9 Å². The standard InChI is InChI=1S/C14H19F2NO/c1-18-13-9-11(14(15)16)6-5-10(13)8-12-4-2-3-7-17-12/h5-6,9,12,14,17H,2-4,7-8H2,1H3. The molecule has 0 bridgehead atoms. The molecule has 0 spiro atoms. The number of hydrogen-bond donors (Lipinski definition) is 1. The van der Waals surface area contributed by atoms with Crippen LogP contribution in [-0.4, -0.2) is 19.7 Å². The highest BCUT2D eigenvalue weighted by Gasteiger charge is 2.17. The van der Waals surface area contributed by atoms with E-state index in [1.807, 2.05) is 0 Å². The van der Waals surface area contributed by atoms with E-state index in [0.29, 0.717) is 11.8 Å². The predicted octanol–water partition coefficient (Wildman–Crippen LogP) is 3.32. The molecule has 1 aromatic rings. The predicted molar refractivity (Wildman–Crippen MR) is 67.3 cm³/mol. The fourth-order valence-corrected chi connectivity index (χ4v) is 2.43. The first-order valence-electron chi connectivity index (χ1n) is 6.39. The third kappa shape index (κ3) is 3.19. The average molecular weight is 255 g/mol. The summed E-state index contributed by atoms with van der Waals surface area (Å²) in [7, 11) is 1.53. The molecule has 1 unspecified atom stereocenters. The molecular weight excluding hydrogens is 236 g/mol. The van der Waals surface area contributed by atoms with E-state index >= 15 is 0 Å². The van der Waals surface area contributed by atoms with Crippen molar-refractivity contribution < 1.29 is 13.5 Å². The first-order chi connectivity index (χ1) is 8.70. The molecule has 1 fully saturated rings. The molecule has 0 aliphatic carbocycles. The summed E-state index contributed by atoms with van der Waals surface area (Å²) in [5, 5.41) is 3.45. The van der Waals surface area contributed by atoms with Gasteiger partial charge in [0.2, 0.25) is 0 Å². The Bertz CT molecular complexity index is 389. The van der Waals surface area contributed by atoms with Gasteiger partial charge in [-0.05, 0) is 37.4 Å². The smallest absolute Gasteiger partial charge is 0.263 e. The number of rotatable bonds is 4. The number of benzene rings is 1. The van der Waals surface area contributed by atoms with Gasteiger partial charge in [0.25, 0.3) is 6.43 Å². The van der Waals surface area contributed by atoms with Crippen molar-refractivity contribution in [2.45, 2.75) is 38.2 Å². The molecule has 0 amide bonds. The zero-order valence-electron chi connectivity index (χ0n) is 10.6. The minimum absolute atomic E-state index is 0.0206. The van der Waals surface area contributed by atoms with Crippen molar-refractivity contribution in [2.75, 3.05) is 13.7 Å². The number of ether oxygens (including phenoxy) is 1. The second kappa shape index (κ2) is 6.14. The van der Waals surface area contributed by atoms with Crippen LogP contribution < -0.4 is 10.1 Å². The molecule has 4 heteroatoms. The Morgan fingerprint density at radius 1 is 1.39 bits per heavy atom. The molecule has 1 heterocycles. The summed E-state index contributed by atoms with van der Waals surface area (Å²) in [6.45, 7) is 1.04. The van der Waals surface area contributed by atoms with Crippen molar-refractivity contribution in [2.24, 2.45) is 0 Å². The van der Waals surface area contributed by atoms with Crippen molar-refractivity contribution in [3.63, 3.8) is 0 Å². The first-order valence-corrected chi connectivity index (χ1v) is 6.39. The fourth-order valence-electron chi connectivity index (χ4n) is 2.43. The first kappa shape index (κ1) is 13.3. The summed E-state index contributed by atoms with van der Waals surface area (Å²) >= 11 is 0. The van der Waals surface area contributed by atoms with Crippen LogP contribution >= 0.6 is 0 Å². The number of halogens is 2. The Morgan fingerprint density at radius 3 is 2.83 bits per heavy atom. The van der Waals surface area contributed by atoms with E-state index < -0.39 is 6.43 Å². The van der Waals surface area contributed by atoms with Crippen molar-refractivity contribution in [3.8, 4) is 5.75 Å². The van der Waals surface area contributed by atoms with Crippen LogP contribution in [0.25, 0.3) is 0 Å². The molecule has 0 radical (unpaired) electrons. The van der Waals surface area contributed by atoms with Gasteiger partial charge in [-0.15, -0.1) is 0 Å². The third-order valence-corrected chi connectivity index (χ3v) is 3.44. The molecule has 1 saturated heterocycles. The minimum Gasteiger partial charge on any atom is -0.496 e. The molecule has 2 nitrogen and oxygen atoms in total. The summed E-state index contributed by atoms with van der Waals surface area (Å²) in [5.74, 6) is 0.570. The van der Waals surface area contributed by atoms with E-state index in [-0.39, 0.29) is 5.56 Å². The zero-order valence-corrected chi connectivity index (χ0v) is 10.6. The van der Waals surface area contributed by atoms with Crippen LogP contribution in [0.1, 0.15) is 36.8 Å². The van der Waals surface area contributed by atoms with E-state index in [1.54, 1.807) is 6.07 Å². The average Bonchev–Trinajstić information content (AvgIpc) is 2.40. The van der Waals surface area contributed by atoms with Crippen molar-refractivity contribution in [3.05, 3.63) is 29.3 Å². The quantitative estimate of drug-likeness (QED) is 0.891. The number of hydrogen-bond acceptors (Lipinski definition) is 2. The van der Waals surface area contributed by atoms with E-state index in [1.165, 1.54) is 32.1 Å². The van der Waals surface area contributed by atoms with Gasteiger partial charge >= 0.3 is 0 Å². The molecule has 2 rings (SSSR count). The summed E-state index contributed by atoms with van der Waals surface area (Å²) in [5.41, 5.74) is 1.02. The second-order valence-corrected chi connectivity index (χ2v) is 4.72. The third-order valence-electron chi connectivity index (χ3n) is 3.44. The van der Waals surface area contributed by atoms with Gasteiger partial charge < -0.3 is 10.1 Å². The zero-order chi connectivity index (χ0) is 13.0. The lowest BCUT2D eigenvalue weighted by Crippen LogP contribution is -2.35. The second-order valence-electron chi connectivity index (χ2n) is 4.72. The van der Waals surface area contributed by atoms with Crippen molar-refractivity contribution in [1.82, 2.24) is 5.32 Å². The van der Waals surface area contributed by atoms with Crippen LogP contribution in [0.15, 0.2) is 18.2 Å². The fraction of sp³-hybridized carbons (Fsp3) is 0.571. The highest BCUT2D eigenvalue weighted by atomic mass is 19.3. The maximum atomic E-state index is 12.6. The molecule has 1 aliphatic heterocycles. The van der Waals surface area contributed by atoms with Crippen molar-refractivity contribution >= 4 is 0 Å². The minimum atomic E-state index is -2.44. The topological polar surface area (TPSA) is 21.3 Å². The number of nitrogens with one attached hydrogen (secondary N) is 1. The Balaban J connectivity index is 2.11. The molecule has 18 heavy (non-hydrogen) atoms. The number of piperidine rings is 1. The summed E-state index contributed by atoms with van der Waals surface area (Å²) in [6, 6.07) is 5.13. The summed E-state index contributed by atoms with van der Waals surface area (Å²) in [6.07, 6.45) is 1.99. The lowest BCUT2D eigenvalue weighted by Gasteiger charge is -2.24. The van der Waals surface area contributed by atoms with Crippen LogP contribution in [0.2, 0.25) is 0 Å². The van der Waals surface area contributed by atoms with Crippen LogP contribution in [-0.2, 0) is 6.42 Å². The van der Waals surface area contributed by atoms with Gasteiger partial charge in [-0.25, -0.2) is 8.78 Å². The summed E-state index contributed by atoms with van der Waals surface area (Å²) in [4.78, 5) is 0. The van der Waals surface area contributed by atoms with Gasteiger partial charge in [-0.2, -0.15) is 0 Å². The number of alkyl halides is 2. The van der Waals surface area contributed by atoms with Gasteiger partial charge in [0.1, 0.15) is 5.75 Å². The molecule has 0 aromatic heterocycles. The van der Waals surface area contributed by atoms with Crippen LogP contribution in [0, 0.1) is 0 Å². The lowest BCUT2D eigenvalue weighted by atomic mass is 9.96. The molecule has 100 valence electrons. The molecule has 1 aromatic carbocycles. The van der Waals surface area contributed by atoms with Crippen LogP contribution in [0.3, 0.4) is 0 Å². The van der Waals surface area contributed by atoms with Gasteiger partial charge in [0.05, 0.1) is 7.11 Å². The SMILES string of the molecule is COc1cc(C(F)F)ccc1CC1CCCCN1. The normalized spacial score (nSPS) is 20.1. The highest BCUT2D eigenvalue weighted by Crippen LogP contribution is 2.28. The van der Waals surface area contributed by atoms with Gasteiger partial charge in [0.15, 0.2) is 0 Å². The molecule has 1 atom stereocenters. The number of methoxy groups -OCH3 is 1. The molecule has 0 saturated carbocycles. The van der Waals surface area contributed by atoms with Gasteiger partial charge in [-0.3, -0.25) is 0 Å². The van der Waals surface area contributed by atoms with Gasteiger partial charge in [0, 0.05) is 11.6 Å². The lowest BCUT2D eigenvalue weighted by molar-refractivity contribution is 0.151. The summed E-state index contributed by atoms with van der Waals surface area (Å²) < 4.78 is 30.4. The van der Waals surface area contributed by atoms with E-state index in [4.69, 9.17) is 4.74 Å². The van der Waals surface area contributed by atoms with E-state index in [2.05, 4.69) is 5.32 Å². The van der Waals surface area contributed by atoms with E-state index in [9.17, 15) is 8.78 Å². The maximum absolute atomic E-state index is 12.6. The highest BCUT2D eigenvalue weighted by molar-refractivity contribution is 5.38.